The van der Waals surface area contributed by atoms with E-state index < -0.39 is 23.4 Å². The first-order valence-electron chi connectivity index (χ1n) is 4.87. The number of hydrogen-bond acceptors (Lipinski definition) is 3. The molecule has 5 heteroatoms. The zero-order chi connectivity index (χ0) is 12.1. The van der Waals surface area contributed by atoms with E-state index in [2.05, 4.69) is 4.74 Å². The molecule has 0 saturated carbocycles. The van der Waals surface area contributed by atoms with Crippen LogP contribution in [0.15, 0.2) is 12.1 Å². The van der Waals surface area contributed by atoms with Gasteiger partial charge in [-0.25, -0.2) is 8.78 Å². The Balaban J connectivity index is 2.67. The van der Waals surface area contributed by atoms with E-state index in [9.17, 15) is 13.6 Å². The van der Waals surface area contributed by atoms with Gasteiger partial charge in [0, 0.05) is 12.5 Å². The zero-order valence-corrected chi connectivity index (χ0v) is 8.80. The highest BCUT2D eigenvalue weighted by molar-refractivity contribution is 5.69. The van der Waals surface area contributed by atoms with Gasteiger partial charge in [-0.2, -0.15) is 0 Å². The molecule has 0 spiro atoms. The molecule has 1 N–H and O–H groups in total. The molecule has 0 fully saturated rings. The second-order valence-corrected chi connectivity index (χ2v) is 3.20. The molecule has 0 heterocycles. The molecule has 88 valence electrons. The number of rotatable bonds is 4. The molecular formula is C11H12F2O3. The van der Waals surface area contributed by atoms with E-state index in [0.717, 1.165) is 6.07 Å². The molecular weight excluding hydrogens is 218 g/mol. The third-order valence-electron chi connectivity index (χ3n) is 2.02. The lowest BCUT2D eigenvalue weighted by atomic mass is 10.1. The van der Waals surface area contributed by atoms with Crippen molar-refractivity contribution < 1.29 is 23.4 Å². The largest absolute Gasteiger partial charge is 0.505 e. The zero-order valence-electron chi connectivity index (χ0n) is 8.80. The maximum absolute atomic E-state index is 13.2. The second kappa shape index (κ2) is 5.44. The molecule has 1 aromatic rings. The van der Waals surface area contributed by atoms with Crippen LogP contribution in [0.25, 0.3) is 0 Å². The van der Waals surface area contributed by atoms with Crippen LogP contribution in [0.1, 0.15) is 18.9 Å². The minimum Gasteiger partial charge on any atom is -0.505 e. The van der Waals surface area contributed by atoms with Crippen LogP contribution in [-0.2, 0) is 16.0 Å². The van der Waals surface area contributed by atoms with Gasteiger partial charge in [0.2, 0.25) is 0 Å². The first-order valence-corrected chi connectivity index (χ1v) is 4.87. The molecule has 0 aromatic heterocycles. The van der Waals surface area contributed by atoms with Crippen LogP contribution < -0.4 is 0 Å². The SMILES string of the molecule is CCOC(=O)CCc1cc(F)c(O)cc1F. The number of phenols is 1. The summed E-state index contributed by atoms with van der Waals surface area (Å²) in [5, 5.41) is 8.88. The van der Waals surface area contributed by atoms with Crippen molar-refractivity contribution >= 4 is 5.97 Å². The van der Waals surface area contributed by atoms with Crippen LogP contribution in [0.2, 0.25) is 0 Å². The fourth-order valence-electron chi connectivity index (χ4n) is 1.24. The summed E-state index contributed by atoms with van der Waals surface area (Å²) in [7, 11) is 0. The van der Waals surface area contributed by atoms with E-state index in [1.54, 1.807) is 6.92 Å². The average Bonchev–Trinajstić information content (AvgIpc) is 2.22. The van der Waals surface area contributed by atoms with Crippen LogP contribution in [-0.4, -0.2) is 17.7 Å². The van der Waals surface area contributed by atoms with Crippen LogP contribution >= 0.6 is 0 Å². The minimum absolute atomic E-state index is 0.0189. The highest BCUT2D eigenvalue weighted by Gasteiger charge is 2.11. The summed E-state index contributed by atoms with van der Waals surface area (Å²) >= 11 is 0. The van der Waals surface area contributed by atoms with Crippen LogP contribution in [0.4, 0.5) is 8.78 Å². The van der Waals surface area contributed by atoms with E-state index in [-0.39, 0.29) is 25.0 Å². The lowest BCUT2D eigenvalue weighted by Gasteiger charge is -2.04. The van der Waals surface area contributed by atoms with Gasteiger partial charge in [-0.15, -0.1) is 0 Å². The quantitative estimate of drug-likeness (QED) is 0.806. The smallest absolute Gasteiger partial charge is 0.306 e. The lowest BCUT2D eigenvalue weighted by Crippen LogP contribution is -2.06. The fourth-order valence-corrected chi connectivity index (χ4v) is 1.24. The third-order valence-corrected chi connectivity index (χ3v) is 2.02. The van der Waals surface area contributed by atoms with Gasteiger partial charge in [-0.05, 0) is 25.0 Å². The van der Waals surface area contributed by atoms with Gasteiger partial charge in [0.25, 0.3) is 0 Å². The third kappa shape index (κ3) is 3.18. The maximum Gasteiger partial charge on any atom is 0.306 e. The van der Waals surface area contributed by atoms with Gasteiger partial charge in [-0.3, -0.25) is 4.79 Å². The molecule has 0 saturated heterocycles. The Kier molecular flexibility index (Phi) is 4.22. The second-order valence-electron chi connectivity index (χ2n) is 3.20. The van der Waals surface area contributed by atoms with Crippen LogP contribution in [0.3, 0.4) is 0 Å². The summed E-state index contributed by atoms with van der Waals surface area (Å²) < 4.78 is 30.7. The first-order chi connectivity index (χ1) is 7.54. The van der Waals surface area contributed by atoms with Crippen molar-refractivity contribution in [1.82, 2.24) is 0 Å². The van der Waals surface area contributed by atoms with Crippen molar-refractivity contribution in [2.24, 2.45) is 0 Å². The number of esters is 1. The molecule has 3 nitrogen and oxygen atoms in total. The van der Waals surface area contributed by atoms with Gasteiger partial charge in [0.05, 0.1) is 6.61 Å². The van der Waals surface area contributed by atoms with E-state index in [0.29, 0.717) is 6.07 Å². The Bertz CT molecular complexity index is 391. The fraction of sp³-hybridized carbons (Fsp3) is 0.364. The number of phenolic OH excluding ortho intramolecular Hbond substituents is 1. The van der Waals surface area contributed by atoms with Crippen molar-refractivity contribution in [1.29, 1.82) is 0 Å². The molecule has 0 atom stereocenters. The minimum atomic E-state index is -0.903. The van der Waals surface area contributed by atoms with Gasteiger partial charge in [0.1, 0.15) is 5.82 Å². The van der Waals surface area contributed by atoms with E-state index in [4.69, 9.17) is 5.11 Å². The molecule has 0 aliphatic carbocycles. The first kappa shape index (κ1) is 12.4. The molecule has 16 heavy (non-hydrogen) atoms. The highest BCUT2D eigenvalue weighted by atomic mass is 19.1. The molecule has 0 aliphatic rings. The Morgan fingerprint density at radius 3 is 2.69 bits per heavy atom. The summed E-state index contributed by atoms with van der Waals surface area (Å²) in [6.07, 6.45) is 0.0246. The number of halogens is 2. The van der Waals surface area contributed by atoms with E-state index >= 15 is 0 Å². The number of benzene rings is 1. The molecule has 0 aliphatic heterocycles. The van der Waals surface area contributed by atoms with Gasteiger partial charge >= 0.3 is 5.97 Å². The molecule has 0 radical (unpaired) electrons. The molecule has 0 unspecified atom stereocenters. The summed E-state index contributed by atoms with van der Waals surface area (Å²) in [4.78, 5) is 11.0. The number of aromatic hydroxyl groups is 1. The Morgan fingerprint density at radius 2 is 2.06 bits per heavy atom. The Morgan fingerprint density at radius 1 is 1.38 bits per heavy atom. The Labute approximate surface area is 91.7 Å². The topological polar surface area (TPSA) is 46.5 Å². The molecule has 0 bridgehead atoms. The van der Waals surface area contributed by atoms with Crippen molar-refractivity contribution in [2.75, 3.05) is 6.61 Å². The van der Waals surface area contributed by atoms with E-state index in [1.165, 1.54) is 0 Å². The number of carbonyl (C=O) groups is 1. The maximum atomic E-state index is 13.2. The summed E-state index contributed by atoms with van der Waals surface area (Å²) in [6.45, 7) is 1.92. The number of hydrogen-bond donors (Lipinski definition) is 1. The summed E-state index contributed by atoms with van der Waals surface area (Å²) in [5.74, 6) is -2.84. The lowest BCUT2D eigenvalue weighted by molar-refractivity contribution is -0.143. The van der Waals surface area contributed by atoms with Crippen molar-refractivity contribution in [3.63, 3.8) is 0 Å². The van der Waals surface area contributed by atoms with Crippen molar-refractivity contribution in [3.05, 3.63) is 29.3 Å². The Hall–Kier alpha value is -1.65. The van der Waals surface area contributed by atoms with E-state index in [1.807, 2.05) is 0 Å². The molecule has 1 rings (SSSR count). The molecule has 1 aromatic carbocycles. The van der Waals surface area contributed by atoms with Gasteiger partial charge < -0.3 is 9.84 Å². The number of aryl methyl sites for hydroxylation is 1. The summed E-state index contributed by atoms with van der Waals surface area (Å²) in [6, 6.07) is 1.57. The normalized spacial score (nSPS) is 10.2. The standard InChI is InChI=1S/C11H12F2O3/c1-2-16-11(15)4-3-7-5-9(13)10(14)6-8(7)12/h5-6,14H,2-4H2,1H3. The molecule has 0 amide bonds. The average molecular weight is 230 g/mol. The number of ether oxygens (including phenoxy) is 1. The van der Waals surface area contributed by atoms with Crippen molar-refractivity contribution in [3.8, 4) is 5.75 Å². The van der Waals surface area contributed by atoms with Gasteiger partial charge in [-0.1, -0.05) is 0 Å². The van der Waals surface area contributed by atoms with Crippen LogP contribution in [0.5, 0.6) is 5.75 Å². The highest BCUT2D eigenvalue weighted by Crippen LogP contribution is 2.20. The predicted molar refractivity (Wildman–Crippen MR) is 53.0 cm³/mol. The summed E-state index contributed by atoms with van der Waals surface area (Å²) in [5.41, 5.74) is 0.0448. The van der Waals surface area contributed by atoms with Crippen LogP contribution in [0, 0.1) is 11.6 Å². The number of carbonyl (C=O) groups excluding carboxylic acids is 1. The monoisotopic (exact) mass is 230 g/mol. The van der Waals surface area contributed by atoms with Crippen molar-refractivity contribution in [2.45, 2.75) is 19.8 Å². The predicted octanol–water partition coefficient (Wildman–Crippen LogP) is 2.17. The van der Waals surface area contributed by atoms with Gasteiger partial charge in [0.15, 0.2) is 11.6 Å².